The molecule has 14 heavy (non-hydrogen) atoms. The highest BCUT2D eigenvalue weighted by Crippen LogP contribution is 2.26. The minimum absolute atomic E-state index is 0.139. The Kier molecular flexibility index (Phi) is 2.87. The number of nitrogens with two attached hydrogens (primary N) is 1. The predicted molar refractivity (Wildman–Crippen MR) is 46.5 cm³/mol. The smallest absolute Gasteiger partial charge is 0.248 e. The van der Waals surface area contributed by atoms with Gasteiger partial charge in [0, 0.05) is 0 Å². The third-order valence-corrected chi connectivity index (χ3v) is 2.33. The molecular weight excluding hydrogens is 210 g/mol. The second-order valence-electron chi connectivity index (χ2n) is 2.27. The van der Waals surface area contributed by atoms with Crippen LogP contribution in [0.1, 0.15) is 0 Å². The van der Waals surface area contributed by atoms with E-state index < -0.39 is 10.0 Å². The van der Waals surface area contributed by atoms with Crippen LogP contribution in [-0.2, 0) is 10.0 Å². The Labute approximate surface area is 80.9 Å². The first-order valence-corrected chi connectivity index (χ1v) is 5.01. The average Bonchev–Trinajstić information content (AvgIpc) is 2.15. The van der Waals surface area contributed by atoms with Gasteiger partial charge < -0.3 is 9.47 Å². The van der Waals surface area contributed by atoms with E-state index in [1.54, 1.807) is 0 Å². The highest BCUT2D eigenvalue weighted by atomic mass is 32.2. The molecule has 0 bridgehead atoms. The molecule has 1 heterocycles. The van der Waals surface area contributed by atoms with Crippen molar-refractivity contribution in [2.45, 2.75) is 4.90 Å². The normalized spacial score (nSPS) is 11.1. The lowest BCUT2D eigenvalue weighted by atomic mass is 10.6. The highest BCUT2D eigenvalue weighted by molar-refractivity contribution is 7.89. The molecule has 0 aliphatic heterocycles. The molecular formula is C6H9N3O4S. The number of hydrogen-bond acceptors (Lipinski definition) is 6. The van der Waals surface area contributed by atoms with E-state index in [-0.39, 0.29) is 16.7 Å². The fourth-order valence-electron chi connectivity index (χ4n) is 0.877. The average molecular weight is 219 g/mol. The Morgan fingerprint density at radius 3 is 1.93 bits per heavy atom. The van der Waals surface area contributed by atoms with Crippen LogP contribution in [0, 0.1) is 0 Å². The van der Waals surface area contributed by atoms with Gasteiger partial charge in [0.1, 0.15) is 6.33 Å². The van der Waals surface area contributed by atoms with Crippen LogP contribution in [0.2, 0.25) is 0 Å². The lowest BCUT2D eigenvalue weighted by molar-refractivity contribution is 0.349. The van der Waals surface area contributed by atoms with Crippen molar-refractivity contribution in [3.8, 4) is 11.8 Å². The standard InChI is InChI=1S/C6H9N3O4S/c1-12-5-4(14(7,10)11)6(13-2)9-3-8-5/h3H,1-2H3,(H2,7,10,11). The van der Waals surface area contributed by atoms with Gasteiger partial charge in [-0.2, -0.15) is 0 Å². The Morgan fingerprint density at radius 2 is 1.64 bits per heavy atom. The van der Waals surface area contributed by atoms with Crippen molar-refractivity contribution in [2.24, 2.45) is 5.14 Å². The van der Waals surface area contributed by atoms with Crippen molar-refractivity contribution in [1.29, 1.82) is 0 Å². The summed E-state index contributed by atoms with van der Waals surface area (Å²) in [7, 11) is -1.41. The van der Waals surface area contributed by atoms with Gasteiger partial charge in [0.25, 0.3) is 0 Å². The Balaban J connectivity index is 3.50. The van der Waals surface area contributed by atoms with Crippen LogP contribution in [-0.4, -0.2) is 32.6 Å². The van der Waals surface area contributed by atoms with Gasteiger partial charge in [-0.3, -0.25) is 0 Å². The monoisotopic (exact) mass is 219 g/mol. The lowest BCUT2D eigenvalue weighted by Crippen LogP contribution is -2.16. The van der Waals surface area contributed by atoms with E-state index in [1.807, 2.05) is 0 Å². The summed E-state index contributed by atoms with van der Waals surface area (Å²) in [6.45, 7) is 0. The van der Waals surface area contributed by atoms with Gasteiger partial charge in [0.2, 0.25) is 26.7 Å². The molecule has 0 aromatic carbocycles. The van der Waals surface area contributed by atoms with Crippen molar-refractivity contribution >= 4 is 10.0 Å². The van der Waals surface area contributed by atoms with Crippen LogP contribution in [0.5, 0.6) is 11.8 Å². The van der Waals surface area contributed by atoms with Gasteiger partial charge in [-0.25, -0.2) is 23.5 Å². The molecule has 0 saturated heterocycles. The van der Waals surface area contributed by atoms with Gasteiger partial charge in [-0.05, 0) is 0 Å². The Hall–Kier alpha value is -1.41. The van der Waals surface area contributed by atoms with E-state index in [4.69, 9.17) is 14.6 Å². The summed E-state index contributed by atoms with van der Waals surface area (Å²) < 4.78 is 31.7. The molecule has 8 heteroatoms. The number of primary sulfonamides is 1. The summed E-state index contributed by atoms with van der Waals surface area (Å²) in [5, 5.41) is 4.94. The second-order valence-corrected chi connectivity index (χ2v) is 3.76. The molecule has 0 saturated carbocycles. The minimum atomic E-state index is -3.96. The maximum absolute atomic E-state index is 11.1. The number of methoxy groups -OCH3 is 2. The van der Waals surface area contributed by atoms with E-state index >= 15 is 0 Å². The summed E-state index contributed by atoms with van der Waals surface area (Å²) in [6.07, 6.45) is 1.12. The van der Waals surface area contributed by atoms with Crippen molar-refractivity contribution in [1.82, 2.24) is 9.97 Å². The van der Waals surface area contributed by atoms with E-state index in [2.05, 4.69) is 9.97 Å². The summed E-state index contributed by atoms with van der Waals surface area (Å²) in [5.74, 6) is -0.279. The first-order valence-electron chi connectivity index (χ1n) is 3.46. The molecule has 0 fully saturated rings. The molecule has 0 aliphatic rings. The van der Waals surface area contributed by atoms with Crippen molar-refractivity contribution in [2.75, 3.05) is 14.2 Å². The molecule has 0 unspecified atom stereocenters. The van der Waals surface area contributed by atoms with Gasteiger partial charge in [0.05, 0.1) is 14.2 Å². The van der Waals surface area contributed by atoms with Crippen molar-refractivity contribution < 1.29 is 17.9 Å². The summed E-state index contributed by atoms with van der Waals surface area (Å²) in [6, 6.07) is 0. The summed E-state index contributed by atoms with van der Waals surface area (Å²) >= 11 is 0. The highest BCUT2D eigenvalue weighted by Gasteiger charge is 2.23. The zero-order valence-corrected chi connectivity index (χ0v) is 8.41. The molecule has 0 aliphatic carbocycles. The third-order valence-electron chi connectivity index (χ3n) is 1.41. The first kappa shape index (κ1) is 10.7. The molecule has 78 valence electrons. The minimum Gasteiger partial charge on any atom is -0.480 e. The lowest BCUT2D eigenvalue weighted by Gasteiger charge is -2.07. The molecule has 0 amide bonds. The molecule has 0 spiro atoms. The van der Waals surface area contributed by atoms with E-state index in [0.29, 0.717) is 0 Å². The van der Waals surface area contributed by atoms with Gasteiger partial charge in [-0.1, -0.05) is 0 Å². The number of ether oxygens (including phenoxy) is 2. The maximum atomic E-state index is 11.1. The molecule has 0 radical (unpaired) electrons. The zero-order valence-electron chi connectivity index (χ0n) is 7.59. The van der Waals surface area contributed by atoms with Crippen LogP contribution in [0.3, 0.4) is 0 Å². The van der Waals surface area contributed by atoms with Crippen LogP contribution in [0.15, 0.2) is 11.2 Å². The van der Waals surface area contributed by atoms with Gasteiger partial charge in [-0.15, -0.1) is 0 Å². The largest absolute Gasteiger partial charge is 0.480 e. The van der Waals surface area contributed by atoms with E-state index in [9.17, 15) is 8.42 Å². The number of aromatic nitrogens is 2. The van der Waals surface area contributed by atoms with E-state index in [0.717, 1.165) is 6.33 Å². The molecule has 2 N–H and O–H groups in total. The molecule has 1 rings (SSSR count). The molecule has 1 aromatic heterocycles. The van der Waals surface area contributed by atoms with Crippen LogP contribution in [0.25, 0.3) is 0 Å². The Bertz CT molecular complexity index is 408. The Morgan fingerprint density at radius 1 is 1.21 bits per heavy atom. The third kappa shape index (κ3) is 1.91. The fraction of sp³-hybridized carbons (Fsp3) is 0.333. The number of nitrogens with zero attached hydrogens (tertiary/aromatic N) is 2. The topological polar surface area (TPSA) is 104 Å². The zero-order chi connectivity index (χ0) is 10.8. The molecule has 7 nitrogen and oxygen atoms in total. The van der Waals surface area contributed by atoms with E-state index in [1.165, 1.54) is 14.2 Å². The van der Waals surface area contributed by atoms with Gasteiger partial charge >= 0.3 is 0 Å². The van der Waals surface area contributed by atoms with Crippen LogP contribution < -0.4 is 14.6 Å². The van der Waals surface area contributed by atoms with Crippen molar-refractivity contribution in [3.05, 3.63) is 6.33 Å². The summed E-state index contributed by atoms with van der Waals surface area (Å²) in [4.78, 5) is 6.84. The molecule has 1 aromatic rings. The fourth-order valence-corrected chi connectivity index (χ4v) is 1.64. The second kappa shape index (κ2) is 3.76. The SMILES string of the molecule is COc1ncnc(OC)c1S(N)(=O)=O. The summed E-state index contributed by atoms with van der Waals surface area (Å²) in [5.41, 5.74) is 0. The predicted octanol–water partition coefficient (Wildman–Crippen LogP) is -0.859. The first-order chi connectivity index (χ1) is 6.50. The van der Waals surface area contributed by atoms with Crippen LogP contribution >= 0.6 is 0 Å². The number of sulfonamides is 1. The molecule has 0 atom stereocenters. The number of rotatable bonds is 3. The van der Waals surface area contributed by atoms with Gasteiger partial charge in [0.15, 0.2) is 0 Å². The van der Waals surface area contributed by atoms with Crippen LogP contribution in [0.4, 0.5) is 0 Å². The van der Waals surface area contributed by atoms with Crippen molar-refractivity contribution in [3.63, 3.8) is 0 Å². The number of hydrogen-bond donors (Lipinski definition) is 1. The maximum Gasteiger partial charge on any atom is 0.248 e. The quantitative estimate of drug-likeness (QED) is 0.709.